The fraction of sp³-hybridized carbons (Fsp3) is 0.444. The summed E-state index contributed by atoms with van der Waals surface area (Å²) < 4.78 is 0.596. The summed E-state index contributed by atoms with van der Waals surface area (Å²) in [5, 5.41) is 17.6. The molecular weight excluding hydrogens is 256 g/mol. The molecule has 6 heteroatoms. The van der Waals surface area contributed by atoms with Crippen LogP contribution in [0.5, 0.6) is 0 Å². The molecule has 0 radical (unpaired) electrons. The second-order valence-electron chi connectivity index (χ2n) is 2.88. The zero-order chi connectivity index (χ0) is 11.3. The van der Waals surface area contributed by atoms with Crippen LogP contribution < -0.4 is 0 Å². The molecule has 1 aromatic heterocycles. The summed E-state index contributed by atoms with van der Waals surface area (Å²) in [5.41, 5.74) is 0. The smallest absolute Gasteiger partial charge is 0.182 e. The minimum Gasteiger partial charge on any atom is -0.394 e. The maximum Gasteiger partial charge on any atom is 0.182 e. The first-order chi connectivity index (χ1) is 7.13. The first kappa shape index (κ1) is 13.0. The summed E-state index contributed by atoms with van der Waals surface area (Å²) in [6.07, 6.45) is -0.755. The Morgan fingerprint density at radius 2 is 2.33 bits per heavy atom. The minimum atomic E-state index is -0.755. The molecule has 84 valence electrons. The molecule has 1 aromatic rings. The molecule has 0 aliphatic carbocycles. The number of rotatable bonds is 6. The van der Waals surface area contributed by atoms with Gasteiger partial charge in [0.1, 0.15) is 0 Å². The summed E-state index contributed by atoms with van der Waals surface area (Å²) >= 11 is 8.25. The Morgan fingerprint density at radius 3 is 2.87 bits per heavy atom. The fourth-order valence-corrected chi connectivity index (χ4v) is 2.78. The van der Waals surface area contributed by atoms with Crippen LogP contribution in [-0.2, 0) is 0 Å². The van der Waals surface area contributed by atoms with Gasteiger partial charge in [-0.15, -0.1) is 11.3 Å². The van der Waals surface area contributed by atoms with E-state index in [-0.39, 0.29) is 12.4 Å². The number of thioether (sulfide) groups is 1. The maximum atomic E-state index is 11.5. The lowest BCUT2D eigenvalue weighted by Gasteiger charge is -2.04. The van der Waals surface area contributed by atoms with Crippen molar-refractivity contribution in [1.82, 2.24) is 0 Å². The van der Waals surface area contributed by atoms with Crippen LogP contribution in [0.2, 0.25) is 4.34 Å². The molecule has 0 spiro atoms. The number of Topliss-reactive ketones (excluding diaryl/α,β-unsaturated/α-hetero) is 1. The quantitative estimate of drug-likeness (QED) is 0.769. The minimum absolute atomic E-state index is 0.00189. The molecule has 0 aliphatic heterocycles. The molecule has 0 fully saturated rings. The van der Waals surface area contributed by atoms with E-state index in [0.717, 1.165) is 0 Å². The number of aliphatic hydroxyl groups is 2. The number of ketones is 1. The molecule has 3 nitrogen and oxygen atoms in total. The number of carbonyl (C=O) groups excluding carboxylic acids is 1. The zero-order valence-corrected chi connectivity index (χ0v) is 10.2. The van der Waals surface area contributed by atoms with Gasteiger partial charge in [-0.25, -0.2) is 0 Å². The van der Waals surface area contributed by atoms with E-state index in [1.54, 1.807) is 12.1 Å². The molecular formula is C9H11ClO3S2. The van der Waals surface area contributed by atoms with E-state index in [4.69, 9.17) is 21.8 Å². The first-order valence-electron chi connectivity index (χ1n) is 4.28. The lowest BCUT2D eigenvalue weighted by molar-refractivity contribution is 0.102. The second kappa shape index (κ2) is 6.50. The number of aliphatic hydroxyl groups excluding tert-OH is 2. The highest BCUT2D eigenvalue weighted by Gasteiger charge is 2.10. The molecule has 0 aromatic carbocycles. The van der Waals surface area contributed by atoms with Gasteiger partial charge in [0.15, 0.2) is 5.78 Å². The zero-order valence-electron chi connectivity index (χ0n) is 7.85. The van der Waals surface area contributed by atoms with Crippen molar-refractivity contribution in [2.24, 2.45) is 0 Å². The molecule has 2 N–H and O–H groups in total. The topological polar surface area (TPSA) is 57.5 Å². The predicted molar refractivity (Wildman–Crippen MR) is 64.1 cm³/mol. The van der Waals surface area contributed by atoms with Crippen molar-refractivity contribution >= 4 is 40.5 Å². The molecule has 0 saturated carbocycles. The summed E-state index contributed by atoms with van der Waals surface area (Å²) in [5.74, 6) is 0.664. The summed E-state index contributed by atoms with van der Waals surface area (Å²) in [6.45, 7) is -0.272. The molecule has 15 heavy (non-hydrogen) atoms. The van der Waals surface area contributed by atoms with Crippen molar-refractivity contribution in [2.45, 2.75) is 6.10 Å². The third-order valence-electron chi connectivity index (χ3n) is 1.60. The van der Waals surface area contributed by atoms with Gasteiger partial charge in [0.05, 0.1) is 27.7 Å². The molecule has 0 aliphatic rings. The normalized spacial score (nSPS) is 12.7. The molecule has 1 unspecified atom stereocenters. The van der Waals surface area contributed by atoms with Crippen LogP contribution in [0.4, 0.5) is 0 Å². The molecule has 1 atom stereocenters. The molecule has 1 heterocycles. The molecule has 1 rings (SSSR count). The van der Waals surface area contributed by atoms with Crippen molar-refractivity contribution in [3.05, 3.63) is 21.3 Å². The van der Waals surface area contributed by atoms with Gasteiger partial charge in [0, 0.05) is 5.75 Å². The van der Waals surface area contributed by atoms with Gasteiger partial charge >= 0.3 is 0 Å². The predicted octanol–water partition coefficient (Wildman–Crippen LogP) is 1.67. The van der Waals surface area contributed by atoms with Gasteiger partial charge in [0.25, 0.3) is 0 Å². The fourth-order valence-electron chi connectivity index (χ4n) is 0.876. The Kier molecular flexibility index (Phi) is 5.63. The Balaban J connectivity index is 2.31. The van der Waals surface area contributed by atoms with Gasteiger partial charge in [-0.1, -0.05) is 11.6 Å². The van der Waals surface area contributed by atoms with Crippen LogP contribution >= 0.6 is 34.7 Å². The van der Waals surface area contributed by atoms with Gasteiger partial charge in [-0.2, -0.15) is 11.8 Å². The molecule has 0 bridgehead atoms. The molecule has 0 amide bonds. The highest BCUT2D eigenvalue weighted by Crippen LogP contribution is 2.22. The van der Waals surface area contributed by atoms with E-state index in [0.29, 0.717) is 20.7 Å². The maximum absolute atomic E-state index is 11.5. The first-order valence-corrected chi connectivity index (χ1v) is 6.63. The van der Waals surface area contributed by atoms with Gasteiger partial charge < -0.3 is 10.2 Å². The van der Waals surface area contributed by atoms with Gasteiger partial charge in [-0.3, -0.25) is 4.79 Å². The van der Waals surface area contributed by atoms with Gasteiger partial charge in [-0.05, 0) is 12.1 Å². The number of hydrogen-bond donors (Lipinski definition) is 2. The highest BCUT2D eigenvalue weighted by atomic mass is 35.5. The Bertz CT molecular complexity index is 327. The van der Waals surface area contributed by atoms with Crippen LogP contribution in [0.15, 0.2) is 12.1 Å². The van der Waals surface area contributed by atoms with E-state index >= 15 is 0 Å². The number of halogens is 1. The van der Waals surface area contributed by atoms with E-state index < -0.39 is 6.10 Å². The van der Waals surface area contributed by atoms with Crippen molar-refractivity contribution in [3.8, 4) is 0 Å². The van der Waals surface area contributed by atoms with Crippen LogP contribution in [0.25, 0.3) is 0 Å². The van der Waals surface area contributed by atoms with E-state index in [1.807, 2.05) is 0 Å². The second-order valence-corrected chi connectivity index (χ2v) is 5.62. The van der Waals surface area contributed by atoms with E-state index in [1.165, 1.54) is 23.1 Å². The number of hydrogen-bond acceptors (Lipinski definition) is 5. The highest BCUT2D eigenvalue weighted by molar-refractivity contribution is 8.00. The van der Waals surface area contributed by atoms with Crippen LogP contribution in [0.3, 0.4) is 0 Å². The van der Waals surface area contributed by atoms with Crippen LogP contribution in [0.1, 0.15) is 9.67 Å². The summed E-state index contributed by atoms with van der Waals surface area (Å²) in [7, 11) is 0. The van der Waals surface area contributed by atoms with Crippen molar-refractivity contribution in [2.75, 3.05) is 18.1 Å². The molecule has 0 saturated heterocycles. The lowest BCUT2D eigenvalue weighted by Crippen LogP contribution is -2.16. The van der Waals surface area contributed by atoms with Crippen molar-refractivity contribution < 1.29 is 15.0 Å². The standard InChI is InChI=1S/C9H11ClO3S2/c10-9-2-1-8(15-9)7(13)5-14-4-6(12)3-11/h1-2,6,11-12H,3-5H2. The number of carbonyl (C=O) groups is 1. The average Bonchev–Trinajstić information content (AvgIpc) is 2.64. The number of thiophene rings is 1. The third kappa shape index (κ3) is 4.53. The lowest BCUT2D eigenvalue weighted by atomic mass is 10.4. The Hall–Kier alpha value is -0.0700. The summed E-state index contributed by atoms with van der Waals surface area (Å²) in [4.78, 5) is 12.1. The Morgan fingerprint density at radius 1 is 1.60 bits per heavy atom. The van der Waals surface area contributed by atoms with Crippen molar-refractivity contribution in [3.63, 3.8) is 0 Å². The van der Waals surface area contributed by atoms with Crippen LogP contribution in [-0.4, -0.2) is 40.2 Å². The van der Waals surface area contributed by atoms with Crippen LogP contribution in [0, 0.1) is 0 Å². The average molecular weight is 267 g/mol. The van der Waals surface area contributed by atoms with Crippen molar-refractivity contribution in [1.29, 1.82) is 0 Å². The largest absolute Gasteiger partial charge is 0.394 e. The van der Waals surface area contributed by atoms with E-state index in [9.17, 15) is 4.79 Å². The SMILES string of the molecule is O=C(CSCC(O)CO)c1ccc(Cl)s1. The summed E-state index contributed by atoms with van der Waals surface area (Å²) in [6, 6.07) is 3.38. The monoisotopic (exact) mass is 266 g/mol. The van der Waals surface area contributed by atoms with E-state index in [2.05, 4.69) is 0 Å². The third-order valence-corrected chi connectivity index (χ3v) is 3.96. The van der Waals surface area contributed by atoms with Gasteiger partial charge in [0.2, 0.25) is 0 Å². The Labute approximate surface area is 101 Å².